The second-order valence-electron chi connectivity index (χ2n) is 4.56. The Kier molecular flexibility index (Phi) is 3.31. The first-order valence-corrected chi connectivity index (χ1v) is 5.25. The first-order chi connectivity index (χ1) is 7.89. The maximum absolute atomic E-state index is 11.9. The zero-order valence-electron chi connectivity index (χ0n) is 11.0. The zero-order valence-corrected chi connectivity index (χ0v) is 9.99. The Bertz CT molecular complexity index is 302. The number of nitrogens with zero attached hydrogens (tertiary/aromatic N) is 1. The number of rotatable bonds is 3. The van der Waals surface area contributed by atoms with Gasteiger partial charge in [-0.25, -0.2) is 4.79 Å². The Morgan fingerprint density at radius 1 is 1.50 bits per heavy atom. The number of carbonyl (C=O) groups excluding carboxylic acids is 2. The van der Waals surface area contributed by atoms with Gasteiger partial charge < -0.3 is 9.47 Å². The molecule has 1 aliphatic rings. The lowest BCUT2D eigenvalue weighted by Gasteiger charge is -2.26. The number of esters is 1. The first-order valence-electron chi connectivity index (χ1n) is 5.96. The van der Waals surface area contributed by atoms with Gasteiger partial charge in [0.2, 0.25) is 0 Å². The number of hydrogen-bond donors (Lipinski definition) is 0. The fraction of sp³-hybridized carbons (Fsp3) is 0.818. The van der Waals surface area contributed by atoms with Crippen LogP contribution in [0.25, 0.3) is 0 Å². The van der Waals surface area contributed by atoms with E-state index in [1.54, 1.807) is 13.8 Å². The van der Waals surface area contributed by atoms with E-state index < -0.39 is 17.7 Å². The second kappa shape index (κ2) is 4.72. The minimum Gasteiger partial charge on any atom is -0.468 e. The van der Waals surface area contributed by atoms with Crippen LogP contribution in [0.1, 0.15) is 35.0 Å². The maximum atomic E-state index is 11.9. The summed E-state index contributed by atoms with van der Waals surface area (Å²) >= 11 is 0. The molecule has 1 rings (SSSR count). The Balaban J connectivity index is 2.58. The molecule has 0 aromatic rings. The van der Waals surface area contributed by atoms with E-state index in [4.69, 9.17) is 6.11 Å². The van der Waals surface area contributed by atoms with Crippen LogP contribution in [0.15, 0.2) is 0 Å². The molecule has 0 spiro atoms. The van der Waals surface area contributed by atoms with E-state index in [-0.39, 0.29) is 19.5 Å². The van der Waals surface area contributed by atoms with Crippen molar-refractivity contribution in [1.29, 1.82) is 0 Å². The van der Waals surface area contributed by atoms with Crippen molar-refractivity contribution in [3.63, 3.8) is 0 Å². The molecule has 1 aliphatic carbocycles. The van der Waals surface area contributed by atoms with Crippen LogP contribution in [0, 0.1) is 0 Å². The molecular formula is C11H19NO4. The Morgan fingerprint density at radius 2 is 2.12 bits per heavy atom. The molecule has 0 N–H and O–H groups in total. The highest BCUT2D eigenvalue weighted by Gasteiger charge is 2.36. The van der Waals surface area contributed by atoms with Crippen LogP contribution in [-0.4, -0.2) is 42.3 Å². The molecule has 0 atom stereocenters. The van der Waals surface area contributed by atoms with Crippen molar-refractivity contribution in [1.82, 2.24) is 4.90 Å². The Labute approximate surface area is 97.1 Å². The predicted octanol–water partition coefficient (Wildman–Crippen LogP) is 1.56. The molecule has 0 heterocycles. The molecule has 1 amide bonds. The van der Waals surface area contributed by atoms with Gasteiger partial charge >= 0.3 is 12.1 Å². The van der Waals surface area contributed by atoms with Gasteiger partial charge in [0.25, 0.3) is 0 Å². The van der Waals surface area contributed by atoms with Crippen molar-refractivity contribution < 1.29 is 20.4 Å². The fourth-order valence-corrected chi connectivity index (χ4v) is 1.23. The van der Waals surface area contributed by atoms with Gasteiger partial charge in [0, 0.05) is 7.41 Å². The van der Waals surface area contributed by atoms with Crippen molar-refractivity contribution in [2.75, 3.05) is 13.7 Å². The highest BCUT2D eigenvalue weighted by molar-refractivity contribution is 5.78. The normalized spacial score (nSPS) is 16.3. The molecule has 1 fully saturated rings. The van der Waals surface area contributed by atoms with Crippen LogP contribution in [0.5, 0.6) is 0 Å². The van der Waals surface area contributed by atoms with Gasteiger partial charge in [0.1, 0.15) is 12.1 Å². The molecule has 0 bridgehead atoms. The van der Waals surface area contributed by atoms with E-state index in [1.807, 2.05) is 0 Å². The SMILES string of the molecule is [2H]CC(C)(C)OC(=O)N(CC(=O)OC)C1CC1. The van der Waals surface area contributed by atoms with Crippen LogP contribution in [0.4, 0.5) is 4.79 Å². The molecule has 92 valence electrons. The smallest absolute Gasteiger partial charge is 0.411 e. The van der Waals surface area contributed by atoms with E-state index in [0.717, 1.165) is 12.8 Å². The quantitative estimate of drug-likeness (QED) is 0.690. The van der Waals surface area contributed by atoms with Crippen LogP contribution in [0.3, 0.4) is 0 Å². The van der Waals surface area contributed by atoms with Gasteiger partial charge in [-0.1, -0.05) is 0 Å². The Hall–Kier alpha value is -1.26. The van der Waals surface area contributed by atoms with Gasteiger partial charge in [-0.15, -0.1) is 0 Å². The molecule has 5 heteroatoms. The summed E-state index contributed by atoms with van der Waals surface area (Å²) in [6.07, 6.45) is 1.22. The number of methoxy groups -OCH3 is 1. The molecule has 0 aromatic heterocycles. The third-order valence-corrected chi connectivity index (χ3v) is 2.11. The van der Waals surface area contributed by atoms with Crippen molar-refractivity contribution >= 4 is 12.1 Å². The van der Waals surface area contributed by atoms with Gasteiger partial charge in [0.15, 0.2) is 0 Å². The topological polar surface area (TPSA) is 55.8 Å². The summed E-state index contributed by atoms with van der Waals surface area (Å²) in [5.41, 5.74) is -0.833. The lowest BCUT2D eigenvalue weighted by Crippen LogP contribution is -2.41. The molecule has 1 saturated carbocycles. The highest BCUT2D eigenvalue weighted by atomic mass is 16.6. The van der Waals surface area contributed by atoms with Crippen molar-refractivity contribution in [3.05, 3.63) is 0 Å². The van der Waals surface area contributed by atoms with Gasteiger partial charge in [0.05, 0.1) is 7.11 Å². The third kappa shape index (κ3) is 4.08. The van der Waals surface area contributed by atoms with Gasteiger partial charge in [-0.3, -0.25) is 9.69 Å². The van der Waals surface area contributed by atoms with Crippen molar-refractivity contribution in [2.45, 2.75) is 45.2 Å². The summed E-state index contributed by atoms with van der Waals surface area (Å²) < 4.78 is 17.0. The zero-order chi connectivity index (χ0) is 13.1. The molecule has 0 saturated heterocycles. The van der Waals surface area contributed by atoms with Crippen LogP contribution in [0.2, 0.25) is 0 Å². The Morgan fingerprint density at radius 3 is 2.56 bits per heavy atom. The average Bonchev–Trinajstić information content (AvgIpc) is 3.08. The first kappa shape index (κ1) is 11.2. The minimum atomic E-state index is -0.833. The summed E-state index contributed by atoms with van der Waals surface area (Å²) in [7, 11) is 1.28. The van der Waals surface area contributed by atoms with Crippen LogP contribution in [-0.2, 0) is 14.3 Å². The average molecular weight is 230 g/mol. The van der Waals surface area contributed by atoms with Crippen LogP contribution < -0.4 is 0 Å². The third-order valence-electron chi connectivity index (χ3n) is 2.11. The summed E-state index contributed by atoms with van der Waals surface area (Å²) in [5, 5.41) is 0. The van der Waals surface area contributed by atoms with Crippen LogP contribution >= 0.6 is 0 Å². The predicted molar refractivity (Wildman–Crippen MR) is 58.0 cm³/mol. The van der Waals surface area contributed by atoms with Crippen molar-refractivity contribution in [2.24, 2.45) is 0 Å². The molecule has 0 aromatic carbocycles. The van der Waals surface area contributed by atoms with Gasteiger partial charge in [-0.2, -0.15) is 0 Å². The van der Waals surface area contributed by atoms with E-state index in [1.165, 1.54) is 12.0 Å². The number of amides is 1. The largest absolute Gasteiger partial charge is 0.468 e. The molecule has 16 heavy (non-hydrogen) atoms. The van der Waals surface area contributed by atoms with E-state index in [2.05, 4.69) is 4.74 Å². The molecule has 0 aliphatic heterocycles. The summed E-state index contributed by atoms with van der Waals surface area (Å²) in [6.45, 7) is 3.23. The summed E-state index contributed by atoms with van der Waals surface area (Å²) in [6, 6.07) is 0.0723. The molecule has 5 nitrogen and oxygen atoms in total. The molecule has 0 unspecified atom stereocenters. The van der Waals surface area contributed by atoms with Gasteiger partial charge in [-0.05, 0) is 33.6 Å². The van der Waals surface area contributed by atoms with E-state index in [0.29, 0.717) is 0 Å². The highest BCUT2D eigenvalue weighted by Crippen LogP contribution is 2.28. The summed E-state index contributed by atoms with van der Waals surface area (Å²) in [4.78, 5) is 24.4. The lowest BCUT2D eigenvalue weighted by atomic mass is 10.2. The molecular weight excluding hydrogens is 210 g/mol. The summed E-state index contributed by atoms with van der Waals surface area (Å²) in [5.74, 6) is -0.461. The monoisotopic (exact) mass is 230 g/mol. The fourth-order valence-electron chi connectivity index (χ4n) is 1.23. The van der Waals surface area contributed by atoms with E-state index in [9.17, 15) is 9.59 Å². The number of carbonyl (C=O) groups is 2. The number of ether oxygens (including phenoxy) is 2. The number of hydrogen-bond acceptors (Lipinski definition) is 4. The molecule has 0 radical (unpaired) electrons. The lowest BCUT2D eigenvalue weighted by molar-refractivity contribution is -0.142. The second-order valence-corrected chi connectivity index (χ2v) is 4.56. The van der Waals surface area contributed by atoms with Crippen molar-refractivity contribution in [3.8, 4) is 0 Å². The maximum Gasteiger partial charge on any atom is 0.411 e. The standard InChI is InChI=1S/C11H19NO4/c1-11(2,3)16-10(14)12(8-5-6-8)7-9(13)15-4/h8H,5-7H2,1-4H3/i1D. The minimum absolute atomic E-state index is 0.0184. The van der Waals surface area contributed by atoms with E-state index >= 15 is 0 Å².